The molecule has 0 radical (unpaired) electrons. The van der Waals surface area contributed by atoms with Crippen molar-refractivity contribution in [2.45, 2.75) is 25.8 Å². The van der Waals surface area contributed by atoms with E-state index < -0.39 is 17.3 Å². The Morgan fingerprint density at radius 3 is 2.81 bits per heavy atom. The molecule has 0 spiro atoms. The summed E-state index contributed by atoms with van der Waals surface area (Å²) in [4.78, 5) is 27.4. The first kappa shape index (κ1) is 12.9. The van der Waals surface area contributed by atoms with Gasteiger partial charge in [0.1, 0.15) is 10.4 Å². The van der Waals surface area contributed by atoms with E-state index in [9.17, 15) is 9.59 Å². The summed E-state index contributed by atoms with van der Waals surface area (Å²) in [5.41, 5.74) is 0. The molecule has 1 unspecified atom stereocenters. The van der Waals surface area contributed by atoms with Gasteiger partial charge in [0.25, 0.3) is 0 Å². The number of nitrogens with one attached hydrogen (secondary N) is 2. The van der Waals surface area contributed by atoms with Gasteiger partial charge in [0.15, 0.2) is 0 Å². The quantitative estimate of drug-likeness (QED) is 0.808. The fourth-order valence-corrected chi connectivity index (χ4v) is 1.68. The third kappa shape index (κ3) is 4.16. The van der Waals surface area contributed by atoms with Crippen molar-refractivity contribution in [3.05, 3.63) is 16.1 Å². The Morgan fingerprint density at radius 1 is 1.62 bits per heavy atom. The third-order valence-corrected chi connectivity index (χ3v) is 2.78. The van der Waals surface area contributed by atoms with Gasteiger partial charge in [-0.3, -0.25) is 10.1 Å². The van der Waals surface area contributed by atoms with Crippen molar-refractivity contribution < 1.29 is 9.59 Å². The number of alkyl halides is 1. The first-order valence-electron chi connectivity index (χ1n) is 4.63. The Hall–Kier alpha value is -1.14. The molecule has 0 aromatic carbocycles. The van der Waals surface area contributed by atoms with E-state index in [1.54, 1.807) is 6.20 Å². The molecule has 0 saturated carbocycles. The lowest BCUT2D eigenvalue weighted by molar-refractivity contribution is -0.119. The van der Waals surface area contributed by atoms with E-state index in [0.29, 0.717) is 6.54 Å². The molecule has 1 aromatic rings. The minimum absolute atomic E-state index is 0.300. The lowest BCUT2D eigenvalue weighted by Gasteiger charge is -2.05. The molecule has 1 heterocycles. The maximum atomic E-state index is 11.2. The maximum absolute atomic E-state index is 11.2. The van der Waals surface area contributed by atoms with Crippen molar-refractivity contribution in [1.82, 2.24) is 15.6 Å². The van der Waals surface area contributed by atoms with Crippen LogP contribution in [-0.4, -0.2) is 22.3 Å². The molecule has 88 valence electrons. The van der Waals surface area contributed by atoms with Crippen LogP contribution in [0.25, 0.3) is 0 Å². The number of aromatic nitrogens is 1. The number of amides is 3. The molecule has 1 rings (SSSR count). The van der Waals surface area contributed by atoms with E-state index >= 15 is 0 Å². The minimum Gasteiger partial charge on any atom is -0.331 e. The van der Waals surface area contributed by atoms with Gasteiger partial charge in [-0.15, -0.1) is 22.9 Å². The summed E-state index contributed by atoms with van der Waals surface area (Å²) in [6, 6.07) is -0.564. The number of rotatable bonds is 3. The predicted molar refractivity (Wildman–Crippen MR) is 62.5 cm³/mol. The Morgan fingerprint density at radius 2 is 2.31 bits per heavy atom. The molecule has 0 fully saturated rings. The van der Waals surface area contributed by atoms with Gasteiger partial charge in [-0.05, 0) is 13.8 Å². The lowest BCUT2D eigenvalue weighted by atomic mass is 10.4. The number of nitrogens with zero attached hydrogens (tertiary/aromatic N) is 1. The normalized spacial score (nSPS) is 11.9. The van der Waals surface area contributed by atoms with Crippen molar-refractivity contribution in [1.29, 1.82) is 0 Å². The molecular formula is C9H12ClN3O2S. The van der Waals surface area contributed by atoms with Crippen molar-refractivity contribution in [3.63, 3.8) is 0 Å². The van der Waals surface area contributed by atoms with Crippen LogP contribution < -0.4 is 10.6 Å². The second kappa shape index (κ2) is 5.81. The molecule has 0 bridgehead atoms. The topological polar surface area (TPSA) is 71.1 Å². The Labute approximate surface area is 102 Å². The van der Waals surface area contributed by atoms with Gasteiger partial charge in [-0.25, -0.2) is 9.78 Å². The molecule has 0 aliphatic heterocycles. The van der Waals surface area contributed by atoms with Crippen LogP contribution in [-0.2, 0) is 11.3 Å². The first-order chi connectivity index (χ1) is 7.49. The van der Waals surface area contributed by atoms with Gasteiger partial charge in [0.05, 0.1) is 6.54 Å². The lowest BCUT2D eigenvalue weighted by Crippen LogP contribution is -2.41. The molecule has 7 heteroatoms. The fraction of sp³-hybridized carbons (Fsp3) is 0.444. The van der Waals surface area contributed by atoms with Gasteiger partial charge in [0.2, 0.25) is 5.91 Å². The molecule has 5 nitrogen and oxygen atoms in total. The molecular weight excluding hydrogens is 250 g/mol. The largest absolute Gasteiger partial charge is 0.331 e. The summed E-state index contributed by atoms with van der Waals surface area (Å²) in [6.07, 6.45) is 1.73. The molecule has 3 amide bonds. The molecule has 1 aromatic heterocycles. The van der Waals surface area contributed by atoms with Crippen molar-refractivity contribution >= 4 is 34.9 Å². The maximum Gasteiger partial charge on any atom is 0.321 e. The van der Waals surface area contributed by atoms with E-state index in [4.69, 9.17) is 11.6 Å². The average molecular weight is 262 g/mol. The number of hydrogen-bond acceptors (Lipinski definition) is 4. The minimum atomic E-state index is -0.729. The number of imide groups is 1. The molecule has 1 atom stereocenters. The molecule has 16 heavy (non-hydrogen) atoms. The number of carbonyl (C=O) groups is 2. The van der Waals surface area contributed by atoms with Crippen LogP contribution >= 0.6 is 22.9 Å². The Bertz CT molecular complexity index is 392. The van der Waals surface area contributed by atoms with Crippen molar-refractivity contribution in [2.24, 2.45) is 0 Å². The van der Waals surface area contributed by atoms with Crippen LogP contribution in [0.4, 0.5) is 4.79 Å². The number of hydrogen-bond donors (Lipinski definition) is 2. The van der Waals surface area contributed by atoms with Crippen LogP contribution in [0.15, 0.2) is 6.20 Å². The summed E-state index contributed by atoms with van der Waals surface area (Å²) in [6.45, 7) is 3.72. The highest BCUT2D eigenvalue weighted by Crippen LogP contribution is 2.10. The van der Waals surface area contributed by atoms with Crippen molar-refractivity contribution in [2.75, 3.05) is 0 Å². The second-order valence-corrected chi connectivity index (χ2v) is 5.13. The number of carbonyl (C=O) groups excluding carboxylic acids is 2. The van der Waals surface area contributed by atoms with Gasteiger partial charge < -0.3 is 5.32 Å². The molecule has 2 N–H and O–H groups in total. The van der Waals surface area contributed by atoms with Gasteiger partial charge >= 0.3 is 6.03 Å². The molecule has 0 aliphatic carbocycles. The predicted octanol–water partition coefficient (Wildman–Crippen LogP) is 1.40. The fourth-order valence-electron chi connectivity index (χ4n) is 0.895. The zero-order valence-corrected chi connectivity index (χ0v) is 10.5. The monoisotopic (exact) mass is 261 g/mol. The Balaban J connectivity index is 2.33. The highest BCUT2D eigenvalue weighted by molar-refractivity contribution is 7.11. The van der Waals surface area contributed by atoms with Crippen molar-refractivity contribution in [3.8, 4) is 0 Å². The van der Waals surface area contributed by atoms with Crippen LogP contribution in [0.1, 0.15) is 16.8 Å². The number of thiazole rings is 1. The summed E-state index contributed by atoms with van der Waals surface area (Å²) < 4.78 is 0. The average Bonchev–Trinajstić information content (AvgIpc) is 2.61. The molecule has 0 saturated heterocycles. The number of halogens is 1. The smallest absolute Gasteiger partial charge is 0.321 e. The van der Waals surface area contributed by atoms with Crippen LogP contribution in [0.3, 0.4) is 0 Å². The second-order valence-electron chi connectivity index (χ2n) is 3.15. The van der Waals surface area contributed by atoms with E-state index in [0.717, 1.165) is 9.88 Å². The summed E-state index contributed by atoms with van der Waals surface area (Å²) >= 11 is 6.98. The molecule has 0 aliphatic rings. The number of aryl methyl sites for hydroxylation is 1. The van der Waals surface area contributed by atoms with Gasteiger partial charge in [0, 0.05) is 11.1 Å². The van der Waals surface area contributed by atoms with Crippen LogP contribution in [0.2, 0.25) is 0 Å². The summed E-state index contributed by atoms with van der Waals surface area (Å²) in [5.74, 6) is -0.519. The highest BCUT2D eigenvalue weighted by Gasteiger charge is 2.12. The first-order valence-corrected chi connectivity index (χ1v) is 5.88. The van der Waals surface area contributed by atoms with Crippen LogP contribution in [0.5, 0.6) is 0 Å². The van der Waals surface area contributed by atoms with Crippen LogP contribution in [0, 0.1) is 6.92 Å². The third-order valence-electron chi connectivity index (χ3n) is 1.67. The highest BCUT2D eigenvalue weighted by atomic mass is 35.5. The number of urea groups is 1. The summed E-state index contributed by atoms with van der Waals surface area (Å²) in [7, 11) is 0. The van der Waals surface area contributed by atoms with Gasteiger partial charge in [-0.1, -0.05) is 0 Å². The SMILES string of the molecule is Cc1cnc(CNC(=O)NC(=O)C(C)Cl)s1. The summed E-state index contributed by atoms with van der Waals surface area (Å²) in [5, 5.41) is 4.69. The van der Waals surface area contributed by atoms with E-state index in [2.05, 4.69) is 15.6 Å². The standard InChI is InChI=1S/C9H12ClN3O2S/c1-5-3-11-7(16-5)4-12-9(15)13-8(14)6(2)10/h3,6H,4H2,1-2H3,(H2,12,13,14,15). The van der Waals surface area contributed by atoms with Gasteiger partial charge in [-0.2, -0.15) is 0 Å². The van der Waals surface area contributed by atoms with E-state index in [-0.39, 0.29) is 0 Å². The zero-order valence-electron chi connectivity index (χ0n) is 8.91. The zero-order chi connectivity index (χ0) is 12.1. The Kier molecular flexibility index (Phi) is 4.70. The van der Waals surface area contributed by atoms with E-state index in [1.165, 1.54) is 18.3 Å². The van der Waals surface area contributed by atoms with E-state index in [1.807, 2.05) is 6.92 Å².